The zero-order valence-electron chi connectivity index (χ0n) is 18.8. The molecule has 1 aliphatic rings. The summed E-state index contributed by atoms with van der Waals surface area (Å²) in [4.78, 5) is 35.9. The Balaban J connectivity index is 1.46. The van der Waals surface area contributed by atoms with E-state index in [-0.39, 0.29) is 17.7 Å². The number of likely N-dealkylation sites (tertiary alicyclic amines) is 1. The number of amides is 2. The number of ether oxygens (including phenoxy) is 1. The summed E-state index contributed by atoms with van der Waals surface area (Å²) < 4.78 is 6.61. The van der Waals surface area contributed by atoms with Crippen molar-refractivity contribution in [2.24, 2.45) is 5.92 Å². The zero-order valence-corrected chi connectivity index (χ0v) is 20.5. The van der Waals surface area contributed by atoms with Crippen LogP contribution in [0.3, 0.4) is 0 Å². The fourth-order valence-corrected chi connectivity index (χ4v) is 5.93. The van der Waals surface area contributed by atoms with Crippen molar-refractivity contribution in [1.29, 1.82) is 0 Å². The molecule has 0 bridgehead atoms. The average Bonchev–Trinajstić information content (AvgIpc) is 3.55. The van der Waals surface area contributed by atoms with Gasteiger partial charge in [0.05, 0.1) is 33.3 Å². The molecule has 0 radical (unpaired) electrons. The van der Waals surface area contributed by atoms with Gasteiger partial charge in [0.15, 0.2) is 5.13 Å². The number of piperidine rings is 1. The predicted octanol–water partition coefficient (Wildman–Crippen LogP) is 5.97. The molecule has 3 heterocycles. The van der Waals surface area contributed by atoms with Crippen LogP contribution in [0.1, 0.15) is 29.4 Å². The number of fused-ring (bicyclic) bond motifs is 1. The summed E-state index contributed by atoms with van der Waals surface area (Å²) in [6.07, 6.45) is 1.54. The first-order valence-electron chi connectivity index (χ1n) is 11.4. The number of nitrogens with zero attached hydrogens (tertiary/aromatic N) is 3. The summed E-state index contributed by atoms with van der Waals surface area (Å²) in [5.74, 6) is 0.427. The number of carbonyl (C=O) groups is 2. The van der Waals surface area contributed by atoms with Crippen LogP contribution >= 0.6 is 22.7 Å². The minimum atomic E-state index is -0.295. The number of anilines is 2. The lowest BCUT2D eigenvalue weighted by Gasteiger charge is -2.34. The molecular weight excluding hydrogens is 466 g/mol. The molecule has 34 heavy (non-hydrogen) atoms. The molecule has 0 aliphatic carbocycles. The minimum absolute atomic E-state index is 0.0000967. The van der Waals surface area contributed by atoms with Crippen molar-refractivity contribution in [2.45, 2.75) is 19.8 Å². The highest BCUT2D eigenvalue weighted by Crippen LogP contribution is 2.36. The third-order valence-corrected chi connectivity index (χ3v) is 7.77. The molecular formula is C26H25N3O3S2. The molecule has 1 saturated heterocycles. The molecule has 174 valence electrons. The lowest BCUT2D eigenvalue weighted by atomic mass is 9.96. The Labute approximate surface area is 206 Å². The van der Waals surface area contributed by atoms with Crippen molar-refractivity contribution in [3.8, 4) is 5.75 Å². The summed E-state index contributed by atoms with van der Waals surface area (Å²) in [6.45, 7) is 3.60. The molecule has 1 fully saturated rings. The van der Waals surface area contributed by atoms with Crippen LogP contribution in [0.15, 0.2) is 66.0 Å². The van der Waals surface area contributed by atoms with Crippen LogP contribution in [0.25, 0.3) is 10.2 Å². The van der Waals surface area contributed by atoms with Crippen LogP contribution in [-0.4, -0.2) is 41.4 Å². The second-order valence-electron chi connectivity index (χ2n) is 8.13. The number of thiophene rings is 1. The number of hydrogen-bond acceptors (Lipinski definition) is 6. The molecule has 5 rings (SSSR count). The highest BCUT2D eigenvalue weighted by Gasteiger charge is 2.34. The third kappa shape index (κ3) is 4.56. The number of para-hydroxylation sites is 1. The Kier molecular flexibility index (Phi) is 6.60. The maximum Gasteiger partial charge on any atom is 0.263 e. The molecule has 8 heteroatoms. The maximum atomic E-state index is 14.0. The molecule has 0 N–H and O–H groups in total. The van der Waals surface area contributed by atoms with Crippen LogP contribution in [-0.2, 0) is 4.79 Å². The van der Waals surface area contributed by atoms with Gasteiger partial charge in [-0.15, -0.1) is 11.3 Å². The van der Waals surface area contributed by atoms with Crippen LogP contribution in [0.4, 0.5) is 10.8 Å². The zero-order chi connectivity index (χ0) is 23.5. The molecule has 4 aromatic rings. The van der Waals surface area contributed by atoms with Gasteiger partial charge >= 0.3 is 0 Å². The van der Waals surface area contributed by atoms with Crippen molar-refractivity contribution < 1.29 is 14.3 Å². The molecule has 2 aromatic heterocycles. The van der Waals surface area contributed by atoms with E-state index < -0.39 is 0 Å². The number of carbonyl (C=O) groups excluding carboxylic acids is 2. The second-order valence-corrected chi connectivity index (χ2v) is 10.1. The number of benzene rings is 2. The molecule has 2 aromatic carbocycles. The summed E-state index contributed by atoms with van der Waals surface area (Å²) in [6, 6.07) is 19.2. The van der Waals surface area contributed by atoms with E-state index in [0.29, 0.717) is 29.7 Å². The molecule has 2 amide bonds. The van der Waals surface area contributed by atoms with Crippen molar-refractivity contribution in [3.05, 3.63) is 70.9 Å². The van der Waals surface area contributed by atoms with Gasteiger partial charge in [-0.2, -0.15) is 0 Å². The first-order chi connectivity index (χ1) is 16.6. The fourth-order valence-electron chi connectivity index (χ4n) is 4.25. The fraction of sp³-hybridized carbons (Fsp3) is 0.269. The Morgan fingerprint density at radius 2 is 1.94 bits per heavy atom. The Bertz CT molecular complexity index is 1250. The largest absolute Gasteiger partial charge is 0.494 e. The van der Waals surface area contributed by atoms with E-state index in [1.165, 1.54) is 22.7 Å². The van der Waals surface area contributed by atoms with E-state index in [1.807, 2.05) is 77.9 Å². The predicted molar refractivity (Wildman–Crippen MR) is 137 cm³/mol. The van der Waals surface area contributed by atoms with Crippen LogP contribution in [0.5, 0.6) is 5.75 Å². The monoisotopic (exact) mass is 491 g/mol. The van der Waals surface area contributed by atoms with Gasteiger partial charge in [-0.25, -0.2) is 4.98 Å². The molecule has 1 unspecified atom stereocenters. The smallest absolute Gasteiger partial charge is 0.263 e. The molecule has 6 nitrogen and oxygen atoms in total. The van der Waals surface area contributed by atoms with Crippen LogP contribution in [0, 0.1) is 5.92 Å². The Hall–Kier alpha value is -3.23. The second kappa shape index (κ2) is 9.95. The summed E-state index contributed by atoms with van der Waals surface area (Å²) in [5, 5.41) is 2.54. The van der Waals surface area contributed by atoms with Gasteiger partial charge in [0.2, 0.25) is 5.91 Å². The van der Waals surface area contributed by atoms with Crippen LogP contribution in [0.2, 0.25) is 0 Å². The number of hydrogen-bond donors (Lipinski definition) is 0. The summed E-state index contributed by atoms with van der Waals surface area (Å²) in [5.41, 5.74) is 1.61. The van der Waals surface area contributed by atoms with Gasteiger partial charge in [0.1, 0.15) is 5.75 Å². The van der Waals surface area contributed by atoms with Gasteiger partial charge in [0, 0.05) is 13.1 Å². The van der Waals surface area contributed by atoms with E-state index in [4.69, 9.17) is 9.72 Å². The molecule has 1 aliphatic heterocycles. The first-order valence-corrected chi connectivity index (χ1v) is 13.1. The normalized spacial score (nSPS) is 15.9. The van der Waals surface area contributed by atoms with Crippen molar-refractivity contribution in [3.63, 3.8) is 0 Å². The van der Waals surface area contributed by atoms with Crippen LogP contribution < -0.4 is 9.64 Å². The lowest BCUT2D eigenvalue weighted by molar-refractivity contribution is -0.122. The Morgan fingerprint density at radius 3 is 2.68 bits per heavy atom. The number of aromatic nitrogens is 1. The molecule has 0 spiro atoms. The Morgan fingerprint density at radius 1 is 1.12 bits per heavy atom. The van der Waals surface area contributed by atoms with Gasteiger partial charge < -0.3 is 9.64 Å². The standard InChI is InChI=1S/C26H25N3O3S2/c1-2-32-20-13-11-19(12-14-20)29(26-27-21-8-3-4-9-22(21)34-26)24(30)18-7-5-15-28(17-18)25(31)23-10-6-16-33-23/h3-4,6,8-14,16,18H,2,5,7,15,17H2,1H3. The highest BCUT2D eigenvalue weighted by atomic mass is 32.1. The molecule has 0 saturated carbocycles. The summed E-state index contributed by atoms with van der Waals surface area (Å²) >= 11 is 2.93. The van der Waals surface area contributed by atoms with E-state index in [2.05, 4.69) is 0 Å². The van der Waals surface area contributed by atoms with Crippen molar-refractivity contribution in [1.82, 2.24) is 9.88 Å². The number of thiazole rings is 1. The molecule has 1 atom stereocenters. The summed E-state index contributed by atoms with van der Waals surface area (Å²) in [7, 11) is 0. The average molecular weight is 492 g/mol. The van der Waals surface area contributed by atoms with Gasteiger partial charge in [-0.05, 0) is 67.6 Å². The minimum Gasteiger partial charge on any atom is -0.494 e. The van der Waals surface area contributed by atoms with Crippen molar-refractivity contribution in [2.75, 3.05) is 24.6 Å². The quantitative estimate of drug-likeness (QED) is 0.333. The SMILES string of the molecule is CCOc1ccc(N(C(=O)C2CCCN(C(=O)c3cccs3)C2)c2nc3ccccc3s2)cc1. The lowest BCUT2D eigenvalue weighted by Crippen LogP contribution is -2.45. The maximum absolute atomic E-state index is 14.0. The van der Waals surface area contributed by atoms with E-state index in [0.717, 1.165) is 34.5 Å². The number of rotatable bonds is 6. The van der Waals surface area contributed by atoms with Gasteiger partial charge in [-0.1, -0.05) is 29.5 Å². The first kappa shape index (κ1) is 22.6. The van der Waals surface area contributed by atoms with Gasteiger partial charge in [0.25, 0.3) is 5.91 Å². The highest BCUT2D eigenvalue weighted by molar-refractivity contribution is 7.22. The van der Waals surface area contributed by atoms with Gasteiger partial charge in [-0.3, -0.25) is 14.5 Å². The topological polar surface area (TPSA) is 62.7 Å². The van der Waals surface area contributed by atoms with E-state index in [1.54, 1.807) is 4.90 Å². The third-order valence-electron chi connectivity index (χ3n) is 5.89. The van der Waals surface area contributed by atoms with E-state index in [9.17, 15) is 9.59 Å². The van der Waals surface area contributed by atoms with E-state index >= 15 is 0 Å². The van der Waals surface area contributed by atoms with Crippen molar-refractivity contribution >= 4 is 55.5 Å².